The van der Waals surface area contributed by atoms with Crippen LogP contribution in [0, 0.1) is 0 Å². The van der Waals surface area contributed by atoms with E-state index in [2.05, 4.69) is 4.72 Å². The van der Waals surface area contributed by atoms with Crippen LogP contribution in [0.25, 0.3) is 0 Å². The molecule has 2 rings (SSSR count). The fraction of sp³-hybridized carbons (Fsp3) is 0.250. The SMILES string of the molecule is CC(Cc1cccs1)NS(=O)(=O)c1ccc(C(N)=S)s1. The van der Waals surface area contributed by atoms with Gasteiger partial charge in [0.1, 0.15) is 9.20 Å². The Bertz CT molecular complexity index is 689. The molecule has 0 bridgehead atoms. The second-order valence-electron chi connectivity index (χ2n) is 4.29. The highest BCUT2D eigenvalue weighted by Gasteiger charge is 2.20. The molecule has 0 amide bonds. The summed E-state index contributed by atoms with van der Waals surface area (Å²) < 4.78 is 27.4. The summed E-state index contributed by atoms with van der Waals surface area (Å²) in [5, 5.41) is 1.98. The molecule has 2 aromatic rings. The van der Waals surface area contributed by atoms with Gasteiger partial charge in [0.25, 0.3) is 0 Å². The Hall–Kier alpha value is -0.800. The predicted octanol–water partition coefficient (Wildman–Crippen LogP) is 2.35. The molecule has 2 heterocycles. The van der Waals surface area contributed by atoms with E-state index in [-0.39, 0.29) is 15.2 Å². The molecule has 108 valence electrons. The number of rotatable bonds is 6. The Morgan fingerprint density at radius 1 is 1.45 bits per heavy atom. The second-order valence-corrected chi connectivity index (χ2v) is 8.79. The van der Waals surface area contributed by atoms with Crippen molar-refractivity contribution in [3.05, 3.63) is 39.4 Å². The van der Waals surface area contributed by atoms with Gasteiger partial charge in [0.2, 0.25) is 10.0 Å². The van der Waals surface area contributed by atoms with E-state index in [4.69, 9.17) is 18.0 Å². The third-order valence-corrected chi connectivity index (χ3v) is 6.98. The summed E-state index contributed by atoms with van der Waals surface area (Å²) in [5.74, 6) is 0. The minimum absolute atomic E-state index is 0.172. The summed E-state index contributed by atoms with van der Waals surface area (Å²) in [5.41, 5.74) is 5.49. The maximum absolute atomic E-state index is 12.2. The van der Waals surface area contributed by atoms with Crippen LogP contribution >= 0.6 is 34.9 Å². The Morgan fingerprint density at radius 3 is 2.75 bits per heavy atom. The summed E-state index contributed by atoms with van der Waals surface area (Å²) in [4.78, 5) is 1.96. The molecule has 8 heteroatoms. The van der Waals surface area contributed by atoms with Gasteiger partial charge in [0.05, 0.1) is 4.88 Å². The highest BCUT2D eigenvalue weighted by Crippen LogP contribution is 2.22. The van der Waals surface area contributed by atoms with Gasteiger partial charge in [0.15, 0.2) is 0 Å². The molecule has 20 heavy (non-hydrogen) atoms. The zero-order valence-corrected chi connectivity index (χ0v) is 14.0. The maximum atomic E-state index is 12.2. The van der Waals surface area contributed by atoms with Crippen molar-refractivity contribution in [3.8, 4) is 0 Å². The van der Waals surface area contributed by atoms with Gasteiger partial charge >= 0.3 is 0 Å². The van der Waals surface area contributed by atoms with Crippen molar-refractivity contribution in [1.29, 1.82) is 0 Å². The number of sulfonamides is 1. The molecule has 1 unspecified atom stereocenters. The fourth-order valence-corrected chi connectivity index (χ4v) is 5.14. The van der Waals surface area contributed by atoms with Crippen molar-refractivity contribution in [2.24, 2.45) is 5.73 Å². The molecule has 0 saturated carbocycles. The van der Waals surface area contributed by atoms with Gasteiger partial charge in [0, 0.05) is 10.9 Å². The molecule has 0 aliphatic heterocycles. The number of nitrogens with two attached hydrogens (primary N) is 1. The van der Waals surface area contributed by atoms with Crippen LogP contribution in [0.2, 0.25) is 0 Å². The van der Waals surface area contributed by atoms with Gasteiger partial charge in [-0.3, -0.25) is 0 Å². The van der Waals surface area contributed by atoms with Crippen LogP contribution in [-0.2, 0) is 16.4 Å². The standard InChI is InChI=1S/C12H14N2O2S4/c1-8(7-9-3-2-6-18-9)14-20(15,16)11-5-4-10(19-11)12(13)17/h2-6,8,14H,7H2,1H3,(H2,13,17). The molecule has 0 aliphatic carbocycles. The minimum Gasteiger partial charge on any atom is -0.389 e. The number of hydrogen-bond acceptors (Lipinski definition) is 5. The minimum atomic E-state index is -3.52. The third kappa shape index (κ3) is 3.86. The summed E-state index contributed by atoms with van der Waals surface area (Å²) in [7, 11) is -3.52. The Labute approximate surface area is 131 Å². The van der Waals surface area contributed by atoms with Crippen molar-refractivity contribution >= 4 is 49.9 Å². The van der Waals surface area contributed by atoms with Crippen LogP contribution in [0.4, 0.5) is 0 Å². The van der Waals surface area contributed by atoms with E-state index in [1.807, 2.05) is 24.4 Å². The first-order chi connectivity index (χ1) is 9.38. The zero-order chi connectivity index (χ0) is 14.8. The van der Waals surface area contributed by atoms with Crippen molar-refractivity contribution in [2.45, 2.75) is 23.6 Å². The molecular weight excluding hydrogens is 332 g/mol. The normalized spacial score (nSPS) is 13.2. The van der Waals surface area contributed by atoms with E-state index in [0.29, 0.717) is 11.3 Å². The van der Waals surface area contributed by atoms with Crippen LogP contribution in [0.1, 0.15) is 16.7 Å². The highest BCUT2D eigenvalue weighted by atomic mass is 32.2. The number of hydrogen-bond donors (Lipinski definition) is 2. The molecule has 0 radical (unpaired) electrons. The third-order valence-electron chi connectivity index (χ3n) is 2.53. The van der Waals surface area contributed by atoms with Crippen molar-refractivity contribution < 1.29 is 8.42 Å². The Morgan fingerprint density at radius 2 is 2.20 bits per heavy atom. The fourth-order valence-electron chi connectivity index (χ4n) is 1.69. The zero-order valence-electron chi connectivity index (χ0n) is 10.7. The van der Waals surface area contributed by atoms with Gasteiger partial charge < -0.3 is 5.73 Å². The Kier molecular flexibility index (Phi) is 4.92. The van der Waals surface area contributed by atoms with Gasteiger partial charge in [-0.2, -0.15) is 0 Å². The molecule has 0 saturated heterocycles. The predicted molar refractivity (Wildman–Crippen MR) is 88.0 cm³/mol. The lowest BCUT2D eigenvalue weighted by atomic mass is 10.2. The van der Waals surface area contributed by atoms with E-state index in [1.54, 1.807) is 17.4 Å². The van der Waals surface area contributed by atoms with Gasteiger partial charge in [-0.1, -0.05) is 18.3 Å². The summed E-state index contributed by atoms with van der Waals surface area (Å²) in [6.45, 7) is 1.85. The number of nitrogens with one attached hydrogen (secondary N) is 1. The first-order valence-corrected chi connectivity index (χ1v) is 9.41. The topological polar surface area (TPSA) is 72.2 Å². The molecule has 0 spiro atoms. The molecule has 0 aliphatic rings. The molecule has 4 nitrogen and oxygen atoms in total. The monoisotopic (exact) mass is 346 g/mol. The van der Waals surface area contributed by atoms with Gasteiger partial charge in [-0.15, -0.1) is 22.7 Å². The molecule has 3 N–H and O–H groups in total. The number of thiocarbonyl (C=S) groups is 1. The van der Waals surface area contributed by atoms with Gasteiger partial charge in [-0.25, -0.2) is 13.1 Å². The van der Waals surface area contributed by atoms with E-state index < -0.39 is 10.0 Å². The smallest absolute Gasteiger partial charge is 0.250 e. The maximum Gasteiger partial charge on any atom is 0.250 e. The summed E-state index contributed by atoms with van der Waals surface area (Å²) >= 11 is 7.54. The van der Waals surface area contributed by atoms with E-state index in [0.717, 1.165) is 16.2 Å². The van der Waals surface area contributed by atoms with Crippen LogP contribution in [-0.4, -0.2) is 19.4 Å². The number of thiophene rings is 2. The van der Waals surface area contributed by atoms with Crippen molar-refractivity contribution in [3.63, 3.8) is 0 Å². The average Bonchev–Trinajstić information content (AvgIpc) is 2.97. The molecule has 0 fully saturated rings. The molecule has 1 atom stereocenters. The first kappa shape index (κ1) is 15.6. The second kappa shape index (κ2) is 6.31. The molecular formula is C12H14N2O2S4. The van der Waals surface area contributed by atoms with Crippen molar-refractivity contribution in [1.82, 2.24) is 4.72 Å². The molecule has 0 aromatic carbocycles. The lowest BCUT2D eigenvalue weighted by Gasteiger charge is -2.12. The summed E-state index contributed by atoms with van der Waals surface area (Å²) in [6, 6.07) is 6.93. The van der Waals surface area contributed by atoms with Gasteiger partial charge in [-0.05, 0) is 36.9 Å². The van der Waals surface area contributed by atoms with E-state index in [9.17, 15) is 8.42 Å². The van der Waals surface area contributed by atoms with E-state index >= 15 is 0 Å². The van der Waals surface area contributed by atoms with E-state index in [1.165, 1.54) is 6.07 Å². The highest BCUT2D eigenvalue weighted by molar-refractivity contribution is 7.91. The van der Waals surface area contributed by atoms with Crippen LogP contribution in [0.5, 0.6) is 0 Å². The average molecular weight is 347 g/mol. The van der Waals surface area contributed by atoms with Crippen LogP contribution in [0.3, 0.4) is 0 Å². The van der Waals surface area contributed by atoms with Crippen LogP contribution < -0.4 is 10.5 Å². The lowest BCUT2D eigenvalue weighted by molar-refractivity contribution is 0.563. The summed E-state index contributed by atoms with van der Waals surface area (Å²) in [6.07, 6.45) is 0.671. The largest absolute Gasteiger partial charge is 0.389 e. The van der Waals surface area contributed by atoms with Crippen molar-refractivity contribution in [2.75, 3.05) is 0 Å². The van der Waals surface area contributed by atoms with Crippen LogP contribution in [0.15, 0.2) is 33.9 Å². The Balaban J connectivity index is 2.08. The molecule has 2 aromatic heterocycles. The quantitative estimate of drug-likeness (QED) is 0.788. The lowest BCUT2D eigenvalue weighted by Crippen LogP contribution is -2.33. The first-order valence-electron chi connectivity index (χ1n) is 5.83.